The normalized spacial score (nSPS) is 11.4. The third-order valence-electron chi connectivity index (χ3n) is 3.63. The van der Waals surface area contributed by atoms with Gasteiger partial charge in [-0.1, -0.05) is 44.4 Å². The molecular formula is C18H31NO4. The summed E-state index contributed by atoms with van der Waals surface area (Å²) in [7, 11) is 0. The summed E-state index contributed by atoms with van der Waals surface area (Å²) in [5.41, 5.74) is 0. The Labute approximate surface area is 140 Å². The predicted molar refractivity (Wildman–Crippen MR) is 90.9 cm³/mol. The molecule has 0 aliphatic carbocycles. The highest BCUT2D eigenvalue weighted by molar-refractivity contribution is 5.73. The van der Waals surface area contributed by atoms with Crippen molar-refractivity contribution in [3.05, 3.63) is 0 Å². The summed E-state index contributed by atoms with van der Waals surface area (Å²) >= 11 is 0. The monoisotopic (exact) mass is 325 g/mol. The minimum atomic E-state index is -0.761. The molecule has 0 radical (unpaired) electrons. The lowest BCUT2D eigenvalue weighted by molar-refractivity contribution is -0.137. The maximum atomic E-state index is 11.6. The van der Waals surface area contributed by atoms with Gasteiger partial charge in [-0.3, -0.25) is 9.59 Å². The van der Waals surface area contributed by atoms with Crippen molar-refractivity contribution in [2.75, 3.05) is 13.1 Å². The number of nitrogens with zero attached hydrogens (tertiary/aromatic N) is 1. The first-order chi connectivity index (χ1) is 11.0. The van der Waals surface area contributed by atoms with Gasteiger partial charge in [0.2, 0.25) is 5.91 Å². The summed E-state index contributed by atoms with van der Waals surface area (Å²) in [6.45, 7) is 4.60. The average molecular weight is 325 g/mol. The molecule has 0 aliphatic heterocycles. The number of aliphatic hydroxyl groups excluding tert-OH is 1. The molecule has 0 spiro atoms. The molecular weight excluding hydrogens is 294 g/mol. The first-order valence-electron chi connectivity index (χ1n) is 8.61. The fourth-order valence-electron chi connectivity index (χ4n) is 2.20. The van der Waals surface area contributed by atoms with Gasteiger partial charge >= 0.3 is 5.97 Å². The van der Waals surface area contributed by atoms with Crippen LogP contribution in [0, 0.1) is 11.8 Å². The van der Waals surface area contributed by atoms with Gasteiger partial charge in [0, 0.05) is 19.9 Å². The SMILES string of the molecule is CCCCCC(O)C#CCN(CCCCCCC(=O)O)C(C)=O. The van der Waals surface area contributed by atoms with Crippen molar-refractivity contribution >= 4 is 11.9 Å². The van der Waals surface area contributed by atoms with E-state index in [0.717, 1.165) is 38.5 Å². The second kappa shape index (κ2) is 14.1. The molecule has 0 aliphatic rings. The lowest BCUT2D eigenvalue weighted by Gasteiger charge is -2.18. The number of hydrogen-bond donors (Lipinski definition) is 2. The third-order valence-corrected chi connectivity index (χ3v) is 3.63. The van der Waals surface area contributed by atoms with E-state index >= 15 is 0 Å². The van der Waals surface area contributed by atoms with Crippen LogP contribution in [0.3, 0.4) is 0 Å². The van der Waals surface area contributed by atoms with Gasteiger partial charge in [0.1, 0.15) is 6.10 Å². The van der Waals surface area contributed by atoms with E-state index in [1.54, 1.807) is 4.90 Å². The molecule has 23 heavy (non-hydrogen) atoms. The molecule has 0 aromatic heterocycles. The minimum absolute atomic E-state index is 0.0229. The molecule has 0 aromatic rings. The molecule has 0 rings (SSSR count). The van der Waals surface area contributed by atoms with Gasteiger partial charge in [0.25, 0.3) is 0 Å². The zero-order valence-electron chi connectivity index (χ0n) is 14.5. The highest BCUT2D eigenvalue weighted by Crippen LogP contribution is 2.05. The molecule has 1 amide bonds. The minimum Gasteiger partial charge on any atom is -0.481 e. The van der Waals surface area contributed by atoms with E-state index in [1.807, 2.05) is 0 Å². The molecule has 132 valence electrons. The highest BCUT2D eigenvalue weighted by atomic mass is 16.4. The number of rotatable bonds is 12. The number of amides is 1. The largest absolute Gasteiger partial charge is 0.481 e. The van der Waals surface area contributed by atoms with Gasteiger partial charge in [-0.25, -0.2) is 0 Å². The zero-order valence-corrected chi connectivity index (χ0v) is 14.5. The van der Waals surface area contributed by atoms with E-state index in [1.165, 1.54) is 6.92 Å². The highest BCUT2D eigenvalue weighted by Gasteiger charge is 2.06. The van der Waals surface area contributed by atoms with E-state index in [2.05, 4.69) is 18.8 Å². The average Bonchev–Trinajstić information content (AvgIpc) is 2.48. The molecule has 0 fully saturated rings. The lowest BCUT2D eigenvalue weighted by Crippen LogP contribution is -2.30. The Kier molecular flexibility index (Phi) is 13.1. The molecule has 5 nitrogen and oxygen atoms in total. The molecule has 2 N–H and O–H groups in total. The predicted octanol–water partition coefficient (Wildman–Crippen LogP) is 2.81. The van der Waals surface area contributed by atoms with Crippen LogP contribution in [0.15, 0.2) is 0 Å². The molecule has 0 bridgehead atoms. The van der Waals surface area contributed by atoms with E-state index in [0.29, 0.717) is 25.9 Å². The van der Waals surface area contributed by atoms with E-state index in [9.17, 15) is 14.7 Å². The quantitative estimate of drug-likeness (QED) is 0.427. The Morgan fingerprint density at radius 1 is 1.09 bits per heavy atom. The summed E-state index contributed by atoms with van der Waals surface area (Å²) in [4.78, 5) is 23.6. The van der Waals surface area contributed by atoms with Crippen molar-refractivity contribution in [2.24, 2.45) is 0 Å². The third kappa shape index (κ3) is 13.8. The Balaban J connectivity index is 3.94. The first-order valence-corrected chi connectivity index (χ1v) is 8.61. The van der Waals surface area contributed by atoms with Crippen molar-refractivity contribution in [1.82, 2.24) is 4.90 Å². The summed E-state index contributed by atoms with van der Waals surface area (Å²) in [5, 5.41) is 18.3. The van der Waals surface area contributed by atoms with Crippen LogP contribution in [0.5, 0.6) is 0 Å². The fraction of sp³-hybridized carbons (Fsp3) is 0.778. The van der Waals surface area contributed by atoms with Gasteiger partial charge in [-0.05, 0) is 25.7 Å². The van der Waals surface area contributed by atoms with E-state index < -0.39 is 12.1 Å². The summed E-state index contributed by atoms with van der Waals surface area (Å²) in [6.07, 6.45) is 6.77. The molecule has 0 aromatic carbocycles. The van der Waals surface area contributed by atoms with E-state index in [4.69, 9.17) is 5.11 Å². The number of aliphatic hydroxyl groups is 1. The van der Waals surface area contributed by atoms with Crippen LogP contribution in [-0.2, 0) is 9.59 Å². The Morgan fingerprint density at radius 2 is 1.78 bits per heavy atom. The van der Waals surface area contributed by atoms with Crippen LogP contribution >= 0.6 is 0 Å². The second-order valence-electron chi connectivity index (χ2n) is 5.83. The smallest absolute Gasteiger partial charge is 0.303 e. The molecule has 1 unspecified atom stereocenters. The molecule has 0 saturated carbocycles. The Hall–Kier alpha value is -1.54. The van der Waals surface area contributed by atoms with Gasteiger partial charge in [0.15, 0.2) is 0 Å². The van der Waals surface area contributed by atoms with Gasteiger partial charge < -0.3 is 15.1 Å². The lowest BCUT2D eigenvalue weighted by atomic mass is 10.1. The number of aliphatic carboxylic acids is 1. The summed E-state index contributed by atoms with van der Waals surface area (Å²) in [6, 6.07) is 0. The van der Waals surface area contributed by atoms with Crippen molar-refractivity contribution in [3.8, 4) is 11.8 Å². The van der Waals surface area contributed by atoms with Crippen molar-refractivity contribution in [1.29, 1.82) is 0 Å². The van der Waals surface area contributed by atoms with Crippen LogP contribution in [0.1, 0.15) is 71.6 Å². The van der Waals surface area contributed by atoms with Gasteiger partial charge in [-0.2, -0.15) is 0 Å². The van der Waals surface area contributed by atoms with Crippen LogP contribution < -0.4 is 0 Å². The second-order valence-corrected chi connectivity index (χ2v) is 5.83. The van der Waals surface area contributed by atoms with Crippen molar-refractivity contribution in [3.63, 3.8) is 0 Å². The Bertz CT molecular complexity index is 398. The maximum Gasteiger partial charge on any atom is 0.303 e. The number of carbonyl (C=O) groups is 2. The number of hydrogen-bond acceptors (Lipinski definition) is 3. The fourth-order valence-corrected chi connectivity index (χ4v) is 2.20. The number of carboxylic acids is 1. The molecule has 5 heteroatoms. The maximum absolute atomic E-state index is 11.6. The van der Waals surface area contributed by atoms with Crippen molar-refractivity contribution < 1.29 is 19.8 Å². The molecule has 0 saturated heterocycles. The zero-order chi connectivity index (χ0) is 17.5. The summed E-state index contributed by atoms with van der Waals surface area (Å²) in [5.74, 6) is 4.90. The standard InChI is InChI=1S/C18H31NO4/c1-3-4-7-11-17(21)12-10-15-19(16(2)20)14-9-6-5-8-13-18(22)23/h17,21H,3-9,11,13-15H2,1-2H3,(H,22,23). The topological polar surface area (TPSA) is 77.8 Å². The molecule has 0 heterocycles. The molecule has 1 atom stereocenters. The Morgan fingerprint density at radius 3 is 2.39 bits per heavy atom. The van der Waals surface area contributed by atoms with Crippen LogP contribution in [0.2, 0.25) is 0 Å². The van der Waals surface area contributed by atoms with Crippen molar-refractivity contribution in [2.45, 2.75) is 77.7 Å². The first kappa shape index (κ1) is 21.5. The van der Waals surface area contributed by atoms with Crippen LogP contribution in [0.25, 0.3) is 0 Å². The number of unbranched alkanes of at least 4 members (excludes halogenated alkanes) is 5. The van der Waals surface area contributed by atoms with Crippen LogP contribution in [-0.4, -0.2) is 46.2 Å². The summed E-state index contributed by atoms with van der Waals surface area (Å²) < 4.78 is 0. The number of carboxylic acid groups (broad SMARTS) is 1. The number of carbonyl (C=O) groups excluding carboxylic acids is 1. The van der Waals surface area contributed by atoms with Gasteiger partial charge in [0.05, 0.1) is 6.54 Å². The van der Waals surface area contributed by atoms with E-state index in [-0.39, 0.29) is 12.3 Å². The van der Waals surface area contributed by atoms with Gasteiger partial charge in [-0.15, -0.1) is 0 Å². The van der Waals surface area contributed by atoms with Crippen LogP contribution in [0.4, 0.5) is 0 Å².